The smallest absolute Gasteiger partial charge is 0.235 e. The first-order valence-corrected chi connectivity index (χ1v) is 6.73. The second-order valence-corrected chi connectivity index (χ2v) is 5.77. The van der Waals surface area contributed by atoms with Gasteiger partial charge < -0.3 is 11.1 Å². The van der Waals surface area contributed by atoms with Crippen LogP contribution in [0.4, 0.5) is 0 Å². The highest BCUT2D eigenvalue weighted by Crippen LogP contribution is 2.39. The molecule has 1 aliphatic carbocycles. The molecule has 3 N–H and O–H groups in total. The van der Waals surface area contributed by atoms with Crippen molar-refractivity contribution in [3.63, 3.8) is 0 Å². The SMILES string of the molecule is CC(C#N)(NC(=O)CN1CCC[C@@H](N)C1)C1CC1. The first kappa shape index (κ1) is 13.3. The fourth-order valence-electron chi connectivity index (χ4n) is 2.65. The number of rotatable bonds is 4. The molecule has 0 spiro atoms. The Labute approximate surface area is 108 Å². The van der Waals surface area contributed by atoms with Crippen LogP contribution in [0.25, 0.3) is 0 Å². The summed E-state index contributed by atoms with van der Waals surface area (Å²) in [5.41, 5.74) is 5.20. The van der Waals surface area contributed by atoms with Crippen LogP contribution in [0.3, 0.4) is 0 Å². The molecular formula is C13H22N4O. The Balaban J connectivity index is 1.83. The van der Waals surface area contributed by atoms with Crippen molar-refractivity contribution in [2.45, 2.75) is 44.2 Å². The summed E-state index contributed by atoms with van der Waals surface area (Å²) >= 11 is 0. The van der Waals surface area contributed by atoms with Crippen molar-refractivity contribution in [3.8, 4) is 6.07 Å². The number of carbonyl (C=O) groups is 1. The molecule has 5 heteroatoms. The highest BCUT2D eigenvalue weighted by molar-refractivity contribution is 5.79. The molecule has 0 aromatic heterocycles. The number of piperidine rings is 1. The monoisotopic (exact) mass is 250 g/mol. The number of nitrogens with two attached hydrogens (primary N) is 1. The molecule has 1 saturated carbocycles. The molecule has 2 fully saturated rings. The van der Waals surface area contributed by atoms with Crippen LogP contribution in [-0.4, -0.2) is 42.0 Å². The van der Waals surface area contributed by atoms with Gasteiger partial charge in [-0.3, -0.25) is 9.69 Å². The molecule has 0 aromatic rings. The maximum Gasteiger partial charge on any atom is 0.235 e. The molecule has 18 heavy (non-hydrogen) atoms. The van der Waals surface area contributed by atoms with E-state index in [0.717, 1.165) is 38.8 Å². The molecule has 2 rings (SSSR count). The molecule has 1 saturated heterocycles. The van der Waals surface area contributed by atoms with Crippen LogP contribution in [0.2, 0.25) is 0 Å². The fraction of sp³-hybridized carbons (Fsp3) is 0.846. The fourth-order valence-corrected chi connectivity index (χ4v) is 2.65. The van der Waals surface area contributed by atoms with Crippen molar-refractivity contribution in [3.05, 3.63) is 0 Å². The molecule has 5 nitrogen and oxygen atoms in total. The van der Waals surface area contributed by atoms with Crippen molar-refractivity contribution in [1.82, 2.24) is 10.2 Å². The Kier molecular flexibility index (Phi) is 3.88. The lowest BCUT2D eigenvalue weighted by Gasteiger charge is -2.31. The molecular weight excluding hydrogens is 228 g/mol. The second kappa shape index (κ2) is 5.25. The minimum absolute atomic E-state index is 0.0555. The molecule has 2 atom stereocenters. The summed E-state index contributed by atoms with van der Waals surface area (Å²) in [5.74, 6) is 0.273. The van der Waals surface area contributed by atoms with Crippen molar-refractivity contribution in [2.24, 2.45) is 11.7 Å². The Hall–Kier alpha value is -1.12. The maximum atomic E-state index is 12.0. The van der Waals surface area contributed by atoms with Crippen LogP contribution in [-0.2, 0) is 4.79 Å². The molecule has 1 unspecified atom stereocenters. The van der Waals surface area contributed by atoms with Crippen molar-refractivity contribution < 1.29 is 4.79 Å². The van der Waals surface area contributed by atoms with Gasteiger partial charge in [0, 0.05) is 12.6 Å². The zero-order valence-electron chi connectivity index (χ0n) is 11.0. The molecule has 1 amide bonds. The normalized spacial score (nSPS) is 28.2. The van der Waals surface area contributed by atoms with E-state index in [0.29, 0.717) is 12.5 Å². The Morgan fingerprint density at radius 1 is 1.56 bits per heavy atom. The van der Waals surface area contributed by atoms with Gasteiger partial charge in [-0.2, -0.15) is 5.26 Å². The average Bonchev–Trinajstić information content (AvgIpc) is 3.12. The second-order valence-electron chi connectivity index (χ2n) is 5.77. The third-order valence-electron chi connectivity index (χ3n) is 3.93. The summed E-state index contributed by atoms with van der Waals surface area (Å²) in [4.78, 5) is 14.1. The van der Waals surface area contributed by atoms with Gasteiger partial charge in [0.1, 0.15) is 5.54 Å². The summed E-state index contributed by atoms with van der Waals surface area (Å²) < 4.78 is 0. The zero-order chi connectivity index (χ0) is 13.2. The predicted molar refractivity (Wildman–Crippen MR) is 68.5 cm³/mol. The zero-order valence-corrected chi connectivity index (χ0v) is 11.0. The topological polar surface area (TPSA) is 82.2 Å². The average molecular weight is 250 g/mol. The van der Waals surface area contributed by atoms with Crippen molar-refractivity contribution >= 4 is 5.91 Å². The largest absolute Gasteiger partial charge is 0.337 e. The maximum absolute atomic E-state index is 12.0. The molecule has 100 valence electrons. The van der Waals surface area contributed by atoms with Gasteiger partial charge in [-0.05, 0) is 45.1 Å². The highest BCUT2D eigenvalue weighted by Gasteiger charge is 2.43. The summed E-state index contributed by atoms with van der Waals surface area (Å²) in [7, 11) is 0. The first-order valence-electron chi connectivity index (χ1n) is 6.73. The van der Waals surface area contributed by atoms with Gasteiger partial charge in [-0.1, -0.05) is 0 Å². The van der Waals surface area contributed by atoms with Gasteiger partial charge in [0.25, 0.3) is 0 Å². The number of likely N-dealkylation sites (tertiary alicyclic amines) is 1. The van der Waals surface area contributed by atoms with Crippen molar-refractivity contribution in [2.75, 3.05) is 19.6 Å². The van der Waals surface area contributed by atoms with E-state index in [2.05, 4.69) is 16.3 Å². The van der Waals surface area contributed by atoms with Crippen LogP contribution in [0.15, 0.2) is 0 Å². The van der Waals surface area contributed by atoms with Crippen molar-refractivity contribution in [1.29, 1.82) is 5.26 Å². The Bertz CT molecular complexity index is 360. The number of hydrogen-bond acceptors (Lipinski definition) is 4. The minimum Gasteiger partial charge on any atom is -0.337 e. The number of nitrogens with one attached hydrogen (secondary N) is 1. The Morgan fingerprint density at radius 2 is 2.28 bits per heavy atom. The number of carbonyl (C=O) groups excluding carboxylic acids is 1. The molecule has 0 bridgehead atoms. The Morgan fingerprint density at radius 3 is 2.83 bits per heavy atom. The molecule has 1 heterocycles. The van der Waals surface area contributed by atoms with Gasteiger partial charge in [0.2, 0.25) is 5.91 Å². The predicted octanol–water partition coefficient (Wildman–Crippen LogP) is 0.218. The van der Waals surface area contributed by atoms with Gasteiger partial charge >= 0.3 is 0 Å². The van der Waals surface area contributed by atoms with E-state index in [4.69, 9.17) is 5.73 Å². The first-order chi connectivity index (χ1) is 8.53. The van der Waals surface area contributed by atoms with Crippen LogP contribution >= 0.6 is 0 Å². The van der Waals surface area contributed by atoms with Gasteiger partial charge in [-0.25, -0.2) is 0 Å². The van der Waals surface area contributed by atoms with Crippen LogP contribution < -0.4 is 11.1 Å². The van der Waals surface area contributed by atoms with E-state index in [1.54, 1.807) is 0 Å². The quantitative estimate of drug-likeness (QED) is 0.747. The minimum atomic E-state index is -0.686. The van der Waals surface area contributed by atoms with E-state index >= 15 is 0 Å². The van der Waals surface area contributed by atoms with E-state index in [9.17, 15) is 10.1 Å². The lowest BCUT2D eigenvalue weighted by atomic mass is 9.98. The summed E-state index contributed by atoms with van der Waals surface area (Å²) in [6.45, 7) is 3.89. The lowest BCUT2D eigenvalue weighted by Crippen LogP contribution is -2.52. The summed E-state index contributed by atoms with van der Waals surface area (Å²) in [6.07, 6.45) is 4.17. The molecule has 1 aliphatic heterocycles. The number of nitriles is 1. The van der Waals surface area contributed by atoms with E-state index < -0.39 is 5.54 Å². The highest BCUT2D eigenvalue weighted by atomic mass is 16.2. The summed E-state index contributed by atoms with van der Waals surface area (Å²) in [6, 6.07) is 2.42. The number of hydrogen-bond donors (Lipinski definition) is 2. The standard InChI is InChI=1S/C13H22N4O/c1-13(9-14,10-4-5-10)16-12(18)8-17-6-2-3-11(15)7-17/h10-11H,2-8,15H2,1H3,(H,16,18)/t11-,13?/m1/s1. The number of nitrogens with zero attached hydrogens (tertiary/aromatic N) is 2. The van der Waals surface area contributed by atoms with Gasteiger partial charge in [0.05, 0.1) is 12.6 Å². The molecule has 2 aliphatic rings. The van der Waals surface area contributed by atoms with Crippen LogP contribution in [0.5, 0.6) is 0 Å². The lowest BCUT2D eigenvalue weighted by molar-refractivity contribution is -0.123. The summed E-state index contributed by atoms with van der Waals surface area (Å²) in [5, 5.41) is 12.1. The van der Waals surface area contributed by atoms with E-state index in [-0.39, 0.29) is 11.9 Å². The van der Waals surface area contributed by atoms with Gasteiger partial charge in [0.15, 0.2) is 0 Å². The van der Waals surface area contributed by atoms with Crippen LogP contribution in [0, 0.1) is 17.2 Å². The van der Waals surface area contributed by atoms with E-state index in [1.807, 2.05) is 6.92 Å². The van der Waals surface area contributed by atoms with Crippen LogP contribution in [0.1, 0.15) is 32.6 Å². The third kappa shape index (κ3) is 3.21. The van der Waals surface area contributed by atoms with Gasteiger partial charge in [-0.15, -0.1) is 0 Å². The molecule has 0 aromatic carbocycles. The third-order valence-corrected chi connectivity index (χ3v) is 3.93. The number of amides is 1. The molecule has 0 radical (unpaired) electrons. The van der Waals surface area contributed by atoms with E-state index in [1.165, 1.54) is 0 Å².